The molecule has 2 heterocycles. The molecule has 1 aromatic rings. The lowest BCUT2D eigenvalue weighted by Crippen LogP contribution is -2.47. The standard InChI is InChI=1S/C27H37Cl2N3O4/c1-26(2,3)36-25(35)30(5)22-16-32(15-19(22)18-6-7-20(28)21(29)14-18)23(33)17-8-12-31(13-9-17)24(34)27(4)10-11-27/h6-7,14,17,19,22H,8-13,15-16H2,1-5H3/t19-,22-/m0/s1. The third-order valence-electron chi connectivity index (χ3n) is 7.80. The second-order valence-electron chi connectivity index (χ2n) is 11.8. The van der Waals surface area contributed by atoms with Crippen LogP contribution in [0, 0.1) is 11.3 Å². The molecule has 0 spiro atoms. The number of nitrogens with zero attached hydrogens (tertiary/aromatic N) is 3. The molecule has 7 nitrogen and oxygen atoms in total. The summed E-state index contributed by atoms with van der Waals surface area (Å²) in [6.07, 6.45) is 2.83. The fraction of sp³-hybridized carbons (Fsp3) is 0.667. The number of amides is 3. The molecule has 2 aliphatic heterocycles. The van der Waals surface area contributed by atoms with Gasteiger partial charge in [-0.1, -0.05) is 36.2 Å². The topological polar surface area (TPSA) is 70.2 Å². The average molecular weight is 539 g/mol. The van der Waals surface area contributed by atoms with Crippen LogP contribution in [-0.2, 0) is 14.3 Å². The van der Waals surface area contributed by atoms with Gasteiger partial charge in [-0.15, -0.1) is 0 Å². The number of likely N-dealkylation sites (N-methyl/N-ethyl adjacent to an activating group) is 1. The molecule has 0 N–H and O–H groups in total. The highest BCUT2D eigenvalue weighted by Gasteiger charge is 2.48. The predicted octanol–water partition coefficient (Wildman–Crippen LogP) is 5.19. The van der Waals surface area contributed by atoms with Crippen LogP contribution in [0.25, 0.3) is 0 Å². The van der Waals surface area contributed by atoms with Gasteiger partial charge in [0.05, 0.1) is 16.1 Å². The number of benzene rings is 1. The second-order valence-corrected chi connectivity index (χ2v) is 12.6. The van der Waals surface area contributed by atoms with Gasteiger partial charge in [-0.3, -0.25) is 9.59 Å². The van der Waals surface area contributed by atoms with E-state index < -0.39 is 11.7 Å². The van der Waals surface area contributed by atoms with Crippen LogP contribution in [0.2, 0.25) is 10.0 Å². The van der Waals surface area contributed by atoms with Crippen LogP contribution in [0.15, 0.2) is 18.2 Å². The molecule has 0 aromatic heterocycles. The van der Waals surface area contributed by atoms with Crippen LogP contribution in [0.1, 0.15) is 64.9 Å². The Bertz CT molecular complexity index is 1030. The summed E-state index contributed by atoms with van der Waals surface area (Å²) in [5.74, 6) is 0.0667. The molecule has 198 valence electrons. The number of halogens is 2. The molecule has 3 fully saturated rings. The first-order chi connectivity index (χ1) is 16.8. The number of ether oxygens (including phenoxy) is 1. The molecular formula is C27H37Cl2N3O4. The maximum absolute atomic E-state index is 13.6. The molecule has 3 aliphatic rings. The lowest BCUT2D eigenvalue weighted by molar-refractivity contribution is -0.142. The summed E-state index contributed by atoms with van der Waals surface area (Å²) in [5.41, 5.74) is 0.123. The highest BCUT2D eigenvalue weighted by Crippen LogP contribution is 2.47. The molecule has 1 aromatic carbocycles. The smallest absolute Gasteiger partial charge is 0.410 e. The van der Waals surface area contributed by atoms with Gasteiger partial charge in [-0.25, -0.2) is 4.79 Å². The molecule has 1 saturated carbocycles. The molecule has 2 atom stereocenters. The Kier molecular flexibility index (Phi) is 7.55. The minimum atomic E-state index is -0.624. The van der Waals surface area contributed by atoms with Crippen molar-refractivity contribution < 1.29 is 19.1 Å². The number of carbonyl (C=O) groups excluding carboxylic acids is 3. The van der Waals surface area contributed by atoms with E-state index in [2.05, 4.69) is 0 Å². The van der Waals surface area contributed by atoms with E-state index in [1.54, 1.807) is 18.0 Å². The Hall–Kier alpha value is -1.99. The van der Waals surface area contributed by atoms with Crippen molar-refractivity contribution in [1.82, 2.24) is 14.7 Å². The molecule has 9 heteroatoms. The number of hydrogen-bond acceptors (Lipinski definition) is 4. The van der Waals surface area contributed by atoms with E-state index in [0.29, 0.717) is 49.1 Å². The maximum atomic E-state index is 13.6. The van der Waals surface area contributed by atoms with Gasteiger partial charge in [-0.05, 0) is 64.2 Å². The zero-order chi connectivity index (χ0) is 26.4. The number of likely N-dealkylation sites (tertiary alicyclic amines) is 2. The van der Waals surface area contributed by atoms with Crippen molar-refractivity contribution in [1.29, 1.82) is 0 Å². The number of piperidine rings is 1. The summed E-state index contributed by atoms with van der Waals surface area (Å²) < 4.78 is 5.62. The molecule has 0 bridgehead atoms. The van der Waals surface area contributed by atoms with E-state index in [0.717, 1.165) is 18.4 Å². The Morgan fingerprint density at radius 1 is 1.03 bits per heavy atom. The van der Waals surface area contributed by atoms with Gasteiger partial charge < -0.3 is 19.4 Å². The van der Waals surface area contributed by atoms with E-state index in [1.807, 2.05) is 49.6 Å². The molecule has 3 amide bonds. The van der Waals surface area contributed by atoms with Crippen molar-refractivity contribution in [2.45, 2.75) is 70.9 Å². The third-order valence-corrected chi connectivity index (χ3v) is 8.54. The number of carbonyl (C=O) groups is 3. The molecule has 36 heavy (non-hydrogen) atoms. The average Bonchev–Trinajstić information content (AvgIpc) is 3.42. The summed E-state index contributed by atoms with van der Waals surface area (Å²) in [4.78, 5) is 44.6. The summed E-state index contributed by atoms with van der Waals surface area (Å²) >= 11 is 12.5. The van der Waals surface area contributed by atoms with Gasteiger partial charge in [0.25, 0.3) is 0 Å². The van der Waals surface area contributed by atoms with E-state index in [9.17, 15) is 14.4 Å². The molecule has 1 aliphatic carbocycles. The first-order valence-electron chi connectivity index (χ1n) is 12.8. The summed E-state index contributed by atoms with van der Waals surface area (Å²) in [5, 5.41) is 0.906. The van der Waals surface area contributed by atoms with Gasteiger partial charge in [-0.2, -0.15) is 0 Å². The fourth-order valence-electron chi connectivity index (χ4n) is 5.27. The minimum absolute atomic E-state index is 0.0879. The lowest BCUT2D eigenvalue weighted by Gasteiger charge is -2.34. The first-order valence-corrected chi connectivity index (χ1v) is 13.5. The zero-order valence-electron chi connectivity index (χ0n) is 21.9. The van der Waals surface area contributed by atoms with Crippen molar-refractivity contribution in [2.75, 3.05) is 33.2 Å². The van der Waals surface area contributed by atoms with E-state index in [-0.39, 0.29) is 35.1 Å². The van der Waals surface area contributed by atoms with Crippen molar-refractivity contribution in [3.63, 3.8) is 0 Å². The molecule has 4 rings (SSSR count). The summed E-state index contributed by atoms with van der Waals surface area (Å²) in [6, 6.07) is 5.21. The van der Waals surface area contributed by atoms with Crippen LogP contribution in [0.5, 0.6) is 0 Å². The maximum Gasteiger partial charge on any atom is 0.410 e. The molecule has 2 saturated heterocycles. The zero-order valence-corrected chi connectivity index (χ0v) is 23.4. The van der Waals surface area contributed by atoms with Crippen LogP contribution >= 0.6 is 23.2 Å². The third kappa shape index (κ3) is 5.77. The van der Waals surface area contributed by atoms with Crippen molar-refractivity contribution in [2.24, 2.45) is 11.3 Å². The van der Waals surface area contributed by atoms with E-state index in [1.165, 1.54) is 0 Å². The van der Waals surface area contributed by atoms with Crippen LogP contribution in [0.3, 0.4) is 0 Å². The van der Waals surface area contributed by atoms with Gasteiger partial charge in [0.15, 0.2) is 0 Å². The normalized spacial score (nSPS) is 24.0. The van der Waals surface area contributed by atoms with Crippen LogP contribution < -0.4 is 0 Å². The largest absolute Gasteiger partial charge is 0.444 e. The van der Waals surface area contributed by atoms with E-state index in [4.69, 9.17) is 27.9 Å². The highest BCUT2D eigenvalue weighted by atomic mass is 35.5. The Morgan fingerprint density at radius 2 is 1.67 bits per heavy atom. The van der Waals surface area contributed by atoms with Crippen LogP contribution in [0.4, 0.5) is 4.79 Å². The number of hydrogen-bond donors (Lipinski definition) is 0. The SMILES string of the molecule is CN(C(=O)OC(C)(C)C)[C@H]1CN(C(=O)C2CCN(C(=O)C3(C)CC3)CC2)C[C@H]1c1ccc(Cl)c(Cl)c1. The Labute approximate surface area is 224 Å². The molecule has 0 unspecified atom stereocenters. The molecule has 0 radical (unpaired) electrons. The fourth-order valence-corrected chi connectivity index (χ4v) is 5.58. The Morgan fingerprint density at radius 3 is 2.22 bits per heavy atom. The van der Waals surface area contributed by atoms with Crippen molar-refractivity contribution in [3.05, 3.63) is 33.8 Å². The second kappa shape index (κ2) is 10.1. The van der Waals surface area contributed by atoms with Gasteiger partial charge in [0.2, 0.25) is 11.8 Å². The monoisotopic (exact) mass is 537 g/mol. The minimum Gasteiger partial charge on any atom is -0.444 e. The van der Waals surface area contributed by atoms with Crippen molar-refractivity contribution in [3.8, 4) is 0 Å². The van der Waals surface area contributed by atoms with E-state index >= 15 is 0 Å². The van der Waals surface area contributed by atoms with Gasteiger partial charge in [0.1, 0.15) is 5.60 Å². The predicted molar refractivity (Wildman–Crippen MR) is 140 cm³/mol. The van der Waals surface area contributed by atoms with Crippen molar-refractivity contribution >= 4 is 41.1 Å². The lowest BCUT2D eigenvalue weighted by atomic mass is 9.93. The van der Waals surface area contributed by atoms with Gasteiger partial charge in [0, 0.05) is 50.5 Å². The summed E-state index contributed by atoms with van der Waals surface area (Å²) in [6.45, 7) is 9.66. The Balaban J connectivity index is 1.48. The van der Waals surface area contributed by atoms with Crippen LogP contribution in [-0.4, -0.2) is 77.5 Å². The molecular weight excluding hydrogens is 501 g/mol. The quantitative estimate of drug-likeness (QED) is 0.529. The van der Waals surface area contributed by atoms with Gasteiger partial charge >= 0.3 is 6.09 Å². The summed E-state index contributed by atoms with van der Waals surface area (Å²) in [7, 11) is 1.72. The first kappa shape index (κ1) is 27.1. The highest BCUT2D eigenvalue weighted by molar-refractivity contribution is 6.42. The number of rotatable bonds is 4.